The van der Waals surface area contributed by atoms with Gasteiger partial charge in [-0.25, -0.2) is 9.37 Å². The number of aryl methyl sites for hydroxylation is 1. The maximum atomic E-state index is 14.6. The Kier molecular flexibility index (Phi) is 7.05. The van der Waals surface area contributed by atoms with Gasteiger partial charge in [0.25, 0.3) is 5.91 Å². The molecule has 1 fully saturated rings. The molecule has 0 radical (unpaired) electrons. The van der Waals surface area contributed by atoms with E-state index in [0.29, 0.717) is 40.6 Å². The van der Waals surface area contributed by atoms with Crippen LogP contribution in [0.15, 0.2) is 36.7 Å². The van der Waals surface area contributed by atoms with Crippen molar-refractivity contribution >= 4 is 45.0 Å². The number of nitrogens with zero attached hydrogens (tertiary/aromatic N) is 4. The van der Waals surface area contributed by atoms with Crippen LogP contribution in [0.1, 0.15) is 36.5 Å². The second-order valence-electron chi connectivity index (χ2n) is 9.55. The third-order valence-electron chi connectivity index (χ3n) is 6.26. The predicted octanol–water partition coefficient (Wildman–Crippen LogP) is 2.71. The molecule has 3 heterocycles. The van der Waals surface area contributed by atoms with Gasteiger partial charge in [-0.3, -0.25) is 14.3 Å². The van der Waals surface area contributed by atoms with Crippen molar-refractivity contribution in [2.45, 2.75) is 38.3 Å². The molecule has 0 spiro atoms. The number of nitrogens with two attached hydrogens (primary N) is 1. The number of ether oxygens (including phenoxy) is 1. The molecule has 1 aliphatic rings. The van der Waals surface area contributed by atoms with Gasteiger partial charge in [0.05, 0.1) is 17.1 Å². The molecule has 1 aliphatic heterocycles. The van der Waals surface area contributed by atoms with Gasteiger partial charge in [-0.15, -0.1) is 0 Å². The molecule has 4 aromatic rings. The molecule has 0 saturated carbocycles. The lowest BCUT2D eigenvalue weighted by atomic mass is 10.1. The molecule has 0 aliphatic carbocycles. The van der Waals surface area contributed by atoms with Crippen LogP contribution in [0.3, 0.4) is 0 Å². The fourth-order valence-corrected chi connectivity index (χ4v) is 4.45. The monoisotopic (exact) mass is 520 g/mol. The molecule has 1 unspecified atom stereocenters. The highest BCUT2D eigenvalue weighted by atomic mass is 19.1. The summed E-state index contributed by atoms with van der Waals surface area (Å²) in [5, 5.41) is 14.2. The second-order valence-corrected chi connectivity index (χ2v) is 9.55. The molecule has 2 aromatic carbocycles. The van der Waals surface area contributed by atoms with Crippen LogP contribution in [-0.2, 0) is 11.8 Å². The summed E-state index contributed by atoms with van der Waals surface area (Å²) in [5.74, 6) is -1.01. The van der Waals surface area contributed by atoms with Crippen LogP contribution in [0.4, 0.5) is 15.8 Å². The smallest absolute Gasteiger partial charge is 0.317 e. The molecule has 38 heavy (non-hydrogen) atoms. The number of carbonyl (C=O) groups is 2. The summed E-state index contributed by atoms with van der Waals surface area (Å²) in [6, 6.07) is 6.14. The number of carbonyl (C=O) groups excluding carboxylic acids is 2. The van der Waals surface area contributed by atoms with E-state index in [0.717, 1.165) is 12.8 Å². The molecule has 12 heteroatoms. The number of aromatic nitrogens is 4. The van der Waals surface area contributed by atoms with Crippen LogP contribution in [0, 0.1) is 5.82 Å². The molecular weight excluding hydrogens is 491 g/mol. The first-order valence-electron chi connectivity index (χ1n) is 12.4. The highest BCUT2D eigenvalue weighted by Gasteiger charge is 2.21. The highest BCUT2D eigenvalue weighted by Crippen LogP contribution is 2.28. The molecule has 198 valence electrons. The lowest BCUT2D eigenvalue weighted by Crippen LogP contribution is -2.42. The van der Waals surface area contributed by atoms with Crippen LogP contribution in [0.25, 0.3) is 21.8 Å². The van der Waals surface area contributed by atoms with Gasteiger partial charge in [0, 0.05) is 60.6 Å². The van der Waals surface area contributed by atoms with E-state index in [1.807, 2.05) is 6.92 Å². The molecule has 5 N–H and O–H groups in total. The number of hydrogen-bond donors (Lipinski definition) is 4. The Morgan fingerprint density at radius 3 is 2.97 bits per heavy atom. The Labute approximate surface area is 217 Å². The minimum atomic E-state index is -0.536. The first-order valence-corrected chi connectivity index (χ1v) is 12.4. The van der Waals surface area contributed by atoms with Crippen molar-refractivity contribution in [1.82, 2.24) is 25.1 Å². The Balaban J connectivity index is 1.45. The van der Waals surface area contributed by atoms with Crippen LogP contribution in [-0.4, -0.2) is 56.8 Å². The summed E-state index contributed by atoms with van der Waals surface area (Å²) in [6.07, 6.45) is 5.36. The van der Waals surface area contributed by atoms with Crippen molar-refractivity contribution in [3.05, 3.63) is 48.0 Å². The number of piperidine rings is 1. The van der Waals surface area contributed by atoms with E-state index in [9.17, 15) is 14.0 Å². The highest BCUT2D eigenvalue weighted by molar-refractivity contribution is 6.14. The van der Waals surface area contributed by atoms with Gasteiger partial charge in [-0.1, -0.05) is 0 Å². The van der Waals surface area contributed by atoms with E-state index < -0.39 is 11.7 Å². The van der Waals surface area contributed by atoms with Crippen molar-refractivity contribution in [3.8, 4) is 6.01 Å². The van der Waals surface area contributed by atoms with Crippen molar-refractivity contribution in [2.24, 2.45) is 12.8 Å². The standard InChI is InChI=1S/C26H29FN8O3/c1-14(28)10-29-21-7-6-18(25(37)32-17-8-15-12-35(2)34-23(15)20(27)9-17)24-19(21)11-30-26(33-24)38-13-16-4-3-5-22(36)31-16/h6-9,11-12,14,16,29H,3-5,10,13,28H2,1-2H3,(H,31,36)(H,32,37)/t14-,16?/m0/s1. The Morgan fingerprint density at radius 2 is 2.18 bits per heavy atom. The number of anilines is 2. The zero-order chi connectivity index (χ0) is 26.8. The fourth-order valence-electron chi connectivity index (χ4n) is 4.45. The number of fused-ring (bicyclic) bond motifs is 2. The van der Waals surface area contributed by atoms with Gasteiger partial charge in [-0.2, -0.15) is 10.1 Å². The van der Waals surface area contributed by atoms with Crippen molar-refractivity contribution in [2.75, 3.05) is 23.8 Å². The number of nitrogens with one attached hydrogen (secondary N) is 3. The molecule has 1 saturated heterocycles. The molecule has 5 rings (SSSR count). The average Bonchev–Trinajstić information content (AvgIpc) is 3.26. The van der Waals surface area contributed by atoms with E-state index in [1.165, 1.54) is 10.7 Å². The first kappa shape index (κ1) is 25.3. The molecular formula is C26H29FN8O3. The summed E-state index contributed by atoms with van der Waals surface area (Å²) in [4.78, 5) is 33.9. The van der Waals surface area contributed by atoms with E-state index in [2.05, 4.69) is 31.0 Å². The van der Waals surface area contributed by atoms with E-state index >= 15 is 0 Å². The number of benzene rings is 2. The predicted molar refractivity (Wildman–Crippen MR) is 142 cm³/mol. The molecule has 2 aromatic heterocycles. The van der Waals surface area contributed by atoms with Crippen molar-refractivity contribution < 1.29 is 18.7 Å². The molecule has 2 atom stereocenters. The van der Waals surface area contributed by atoms with Crippen molar-refractivity contribution in [3.63, 3.8) is 0 Å². The van der Waals surface area contributed by atoms with E-state index in [-0.39, 0.29) is 41.7 Å². The van der Waals surface area contributed by atoms with Gasteiger partial charge in [-0.05, 0) is 44.0 Å². The zero-order valence-electron chi connectivity index (χ0n) is 21.1. The Hall–Kier alpha value is -4.32. The lowest BCUT2D eigenvalue weighted by Gasteiger charge is -2.22. The van der Waals surface area contributed by atoms with Gasteiger partial charge in [0.1, 0.15) is 12.1 Å². The second kappa shape index (κ2) is 10.6. The van der Waals surface area contributed by atoms with Crippen molar-refractivity contribution in [1.29, 1.82) is 0 Å². The van der Waals surface area contributed by atoms with E-state index in [4.69, 9.17) is 10.5 Å². The quantitative estimate of drug-likeness (QED) is 0.277. The maximum absolute atomic E-state index is 14.6. The summed E-state index contributed by atoms with van der Waals surface area (Å²) >= 11 is 0. The SMILES string of the molecule is C[C@H](N)CNc1ccc(C(=O)Nc2cc(F)c3nn(C)cc3c2)c2nc(OCC3CCCC(=O)N3)ncc12. The van der Waals surface area contributed by atoms with Crippen LogP contribution in [0.5, 0.6) is 6.01 Å². The molecule has 0 bridgehead atoms. The summed E-state index contributed by atoms with van der Waals surface area (Å²) in [6.45, 7) is 2.60. The first-order chi connectivity index (χ1) is 18.3. The Bertz CT molecular complexity index is 1520. The van der Waals surface area contributed by atoms with Crippen LogP contribution in [0.2, 0.25) is 0 Å². The van der Waals surface area contributed by atoms with Gasteiger partial charge >= 0.3 is 6.01 Å². The number of halogens is 1. The van der Waals surface area contributed by atoms with Gasteiger partial charge in [0.15, 0.2) is 5.82 Å². The van der Waals surface area contributed by atoms with Gasteiger partial charge < -0.3 is 26.4 Å². The Morgan fingerprint density at radius 1 is 1.34 bits per heavy atom. The number of amides is 2. The topological polar surface area (TPSA) is 149 Å². The van der Waals surface area contributed by atoms with Crippen LogP contribution >= 0.6 is 0 Å². The molecule has 11 nitrogen and oxygen atoms in total. The lowest BCUT2D eigenvalue weighted by molar-refractivity contribution is -0.123. The summed E-state index contributed by atoms with van der Waals surface area (Å²) in [5.41, 5.74) is 7.75. The van der Waals surface area contributed by atoms with E-state index in [1.54, 1.807) is 37.6 Å². The summed E-state index contributed by atoms with van der Waals surface area (Å²) < 4.78 is 21.9. The average molecular weight is 521 g/mol. The van der Waals surface area contributed by atoms with Crippen LogP contribution < -0.4 is 26.4 Å². The number of hydrogen-bond acceptors (Lipinski definition) is 8. The largest absolute Gasteiger partial charge is 0.461 e. The normalized spacial score (nSPS) is 16.3. The maximum Gasteiger partial charge on any atom is 0.317 e. The zero-order valence-corrected chi connectivity index (χ0v) is 21.1. The van der Waals surface area contributed by atoms with Gasteiger partial charge in [0.2, 0.25) is 5.91 Å². The fraction of sp³-hybridized carbons (Fsp3) is 0.346. The minimum Gasteiger partial charge on any atom is -0.461 e. The molecule has 2 amide bonds. The third-order valence-corrected chi connectivity index (χ3v) is 6.26. The third kappa shape index (κ3) is 5.49. The summed E-state index contributed by atoms with van der Waals surface area (Å²) in [7, 11) is 1.70. The minimum absolute atomic E-state index is 0.00556. The number of rotatable bonds is 8.